The third-order valence-corrected chi connectivity index (χ3v) is 4.08. The van der Waals surface area contributed by atoms with Crippen LogP contribution in [0.15, 0.2) is 60.9 Å². The van der Waals surface area contributed by atoms with Crippen LogP contribution >= 0.6 is 11.6 Å². The van der Waals surface area contributed by atoms with Gasteiger partial charge in [0.05, 0.1) is 34.2 Å². The van der Waals surface area contributed by atoms with E-state index in [1.54, 1.807) is 12.1 Å². The molecule has 0 saturated heterocycles. The smallest absolute Gasteiger partial charge is 0.291 e. The third-order valence-electron chi connectivity index (χ3n) is 3.75. The molecule has 0 bridgehead atoms. The van der Waals surface area contributed by atoms with Crippen LogP contribution in [0.4, 0.5) is 23.8 Å². The number of carbonyl (C=O) groups is 2. The van der Waals surface area contributed by atoms with Crippen LogP contribution in [0, 0.1) is 0 Å². The van der Waals surface area contributed by atoms with E-state index in [2.05, 4.69) is 20.6 Å². The molecule has 0 atom stereocenters. The average molecular weight is 421 g/mol. The zero-order chi connectivity index (χ0) is 21.0. The molecule has 1 heterocycles. The van der Waals surface area contributed by atoms with Gasteiger partial charge in [-0.2, -0.15) is 13.2 Å². The molecule has 0 radical (unpaired) electrons. The fraction of sp³-hybridized carbons (Fsp3) is 0.0526. The monoisotopic (exact) mass is 420 g/mol. The minimum Gasteiger partial charge on any atom is -0.291 e. The maximum atomic E-state index is 12.6. The van der Waals surface area contributed by atoms with E-state index < -0.39 is 23.7 Å². The fourth-order valence-corrected chi connectivity index (χ4v) is 2.56. The quantitative estimate of drug-likeness (QED) is 0.638. The van der Waals surface area contributed by atoms with Crippen molar-refractivity contribution >= 4 is 29.4 Å². The van der Waals surface area contributed by atoms with Gasteiger partial charge in [-0.15, -0.1) is 0 Å². The van der Waals surface area contributed by atoms with Gasteiger partial charge in [-0.05, 0) is 24.3 Å². The standard InChI is InChI=1S/C19H12ClF3N4O2/c20-14-4-2-1-3-13(14)17(28)27-18(29)26-16-10-24-15(9-25-16)11-5-7-12(8-6-11)19(21,22)23/h1-10H,(H2,25,26,27,28,29). The fourth-order valence-electron chi connectivity index (χ4n) is 2.33. The maximum absolute atomic E-state index is 12.6. The van der Waals surface area contributed by atoms with Crippen molar-refractivity contribution < 1.29 is 22.8 Å². The summed E-state index contributed by atoms with van der Waals surface area (Å²) in [5.41, 5.74) is 0.104. The highest BCUT2D eigenvalue weighted by Gasteiger charge is 2.30. The van der Waals surface area contributed by atoms with E-state index in [9.17, 15) is 22.8 Å². The molecule has 2 N–H and O–H groups in total. The van der Waals surface area contributed by atoms with E-state index in [-0.39, 0.29) is 16.4 Å². The van der Waals surface area contributed by atoms with Gasteiger partial charge in [0.2, 0.25) is 0 Å². The Morgan fingerprint density at radius 3 is 2.21 bits per heavy atom. The molecule has 10 heteroatoms. The van der Waals surface area contributed by atoms with Crippen molar-refractivity contribution in [3.8, 4) is 11.3 Å². The SMILES string of the molecule is O=C(NC(=O)c1ccccc1Cl)Nc1cnc(-c2ccc(C(F)(F)F)cc2)cn1. The number of aromatic nitrogens is 2. The lowest BCUT2D eigenvalue weighted by molar-refractivity contribution is -0.137. The molecule has 0 spiro atoms. The molecule has 1 aromatic heterocycles. The minimum atomic E-state index is -4.42. The summed E-state index contributed by atoms with van der Waals surface area (Å²) in [6, 6.07) is 9.81. The first-order chi connectivity index (χ1) is 13.7. The number of carbonyl (C=O) groups excluding carboxylic acids is 2. The number of nitrogens with one attached hydrogen (secondary N) is 2. The van der Waals surface area contributed by atoms with Crippen LogP contribution in [-0.4, -0.2) is 21.9 Å². The molecule has 29 heavy (non-hydrogen) atoms. The van der Waals surface area contributed by atoms with E-state index in [4.69, 9.17) is 11.6 Å². The van der Waals surface area contributed by atoms with Crippen LogP contribution in [-0.2, 0) is 6.18 Å². The normalized spacial score (nSPS) is 11.0. The molecule has 0 aliphatic heterocycles. The zero-order valence-electron chi connectivity index (χ0n) is 14.5. The second-order valence-corrected chi connectivity index (χ2v) is 6.16. The van der Waals surface area contributed by atoms with E-state index in [1.807, 2.05) is 0 Å². The van der Waals surface area contributed by atoms with Crippen LogP contribution in [0.1, 0.15) is 15.9 Å². The second-order valence-electron chi connectivity index (χ2n) is 5.75. The van der Waals surface area contributed by atoms with Gasteiger partial charge in [0.1, 0.15) is 0 Å². The largest absolute Gasteiger partial charge is 0.416 e. The van der Waals surface area contributed by atoms with E-state index in [1.165, 1.54) is 36.7 Å². The summed E-state index contributed by atoms with van der Waals surface area (Å²) in [4.78, 5) is 32.0. The Labute approximate surface area is 167 Å². The lowest BCUT2D eigenvalue weighted by atomic mass is 10.1. The number of urea groups is 1. The van der Waals surface area contributed by atoms with Crippen molar-refractivity contribution in [1.29, 1.82) is 0 Å². The number of alkyl halides is 3. The highest BCUT2D eigenvalue weighted by Crippen LogP contribution is 2.30. The summed E-state index contributed by atoms with van der Waals surface area (Å²) in [6.07, 6.45) is -1.92. The highest BCUT2D eigenvalue weighted by atomic mass is 35.5. The molecular weight excluding hydrogens is 409 g/mol. The number of rotatable bonds is 3. The number of benzene rings is 2. The molecule has 0 fully saturated rings. The number of halogens is 4. The van der Waals surface area contributed by atoms with Crippen molar-refractivity contribution in [1.82, 2.24) is 15.3 Å². The number of hydrogen-bond donors (Lipinski definition) is 2. The third kappa shape index (κ3) is 5.08. The summed E-state index contributed by atoms with van der Waals surface area (Å²) in [5.74, 6) is -0.646. The van der Waals surface area contributed by atoms with Gasteiger partial charge >= 0.3 is 12.2 Å². The predicted octanol–water partition coefficient (Wildman–Crippen LogP) is 4.78. The highest BCUT2D eigenvalue weighted by molar-refractivity contribution is 6.34. The summed E-state index contributed by atoms with van der Waals surface area (Å²) in [5, 5.41) is 4.63. The van der Waals surface area contributed by atoms with Crippen molar-refractivity contribution in [3.05, 3.63) is 77.1 Å². The van der Waals surface area contributed by atoms with Crippen LogP contribution < -0.4 is 10.6 Å². The Kier molecular flexibility index (Phi) is 5.79. The second kappa shape index (κ2) is 8.27. The minimum absolute atomic E-state index is 0.0464. The van der Waals surface area contributed by atoms with E-state index in [0.29, 0.717) is 11.3 Å². The van der Waals surface area contributed by atoms with Gasteiger partial charge in [-0.1, -0.05) is 35.9 Å². The van der Waals surface area contributed by atoms with E-state index >= 15 is 0 Å². The molecule has 0 saturated carbocycles. The predicted molar refractivity (Wildman–Crippen MR) is 100 cm³/mol. The van der Waals surface area contributed by atoms with Crippen molar-refractivity contribution in [2.24, 2.45) is 0 Å². The number of anilines is 1. The molecule has 0 aliphatic carbocycles. The molecule has 0 unspecified atom stereocenters. The zero-order valence-corrected chi connectivity index (χ0v) is 15.3. The van der Waals surface area contributed by atoms with Gasteiger partial charge in [0.15, 0.2) is 5.82 Å². The Morgan fingerprint density at radius 2 is 1.62 bits per heavy atom. The Balaban J connectivity index is 1.64. The van der Waals surface area contributed by atoms with Crippen molar-refractivity contribution in [2.75, 3.05) is 5.32 Å². The number of nitrogens with zero attached hydrogens (tertiary/aromatic N) is 2. The summed E-state index contributed by atoms with van der Waals surface area (Å²) >= 11 is 5.90. The van der Waals surface area contributed by atoms with Gasteiger partial charge in [0.25, 0.3) is 5.91 Å². The molecule has 2 aromatic carbocycles. The van der Waals surface area contributed by atoms with Gasteiger partial charge in [-0.3, -0.25) is 20.4 Å². The first kappa shape index (κ1) is 20.3. The number of imide groups is 1. The van der Waals surface area contributed by atoms with E-state index in [0.717, 1.165) is 12.1 Å². The van der Waals surface area contributed by atoms with Crippen LogP contribution in [0.3, 0.4) is 0 Å². The van der Waals surface area contributed by atoms with Gasteiger partial charge < -0.3 is 0 Å². The Morgan fingerprint density at radius 1 is 0.931 bits per heavy atom. The molecule has 3 aromatic rings. The Bertz CT molecular complexity index is 1040. The molecule has 3 rings (SSSR count). The molecule has 148 valence electrons. The van der Waals surface area contributed by atoms with Crippen molar-refractivity contribution in [3.63, 3.8) is 0 Å². The number of amides is 3. The topological polar surface area (TPSA) is 84.0 Å². The lowest BCUT2D eigenvalue weighted by Gasteiger charge is -2.08. The van der Waals surface area contributed by atoms with Crippen molar-refractivity contribution in [2.45, 2.75) is 6.18 Å². The summed E-state index contributed by atoms with van der Waals surface area (Å²) in [7, 11) is 0. The van der Waals surface area contributed by atoms with Gasteiger partial charge in [-0.25, -0.2) is 9.78 Å². The Hall–Kier alpha value is -3.46. The van der Waals surface area contributed by atoms with Crippen LogP contribution in [0.2, 0.25) is 5.02 Å². The maximum Gasteiger partial charge on any atom is 0.416 e. The number of hydrogen-bond acceptors (Lipinski definition) is 4. The van der Waals surface area contributed by atoms with Crippen LogP contribution in [0.5, 0.6) is 0 Å². The molecule has 3 amide bonds. The summed E-state index contributed by atoms with van der Waals surface area (Å²) in [6.45, 7) is 0. The molecule has 0 aliphatic rings. The summed E-state index contributed by atoms with van der Waals surface area (Å²) < 4.78 is 37.8. The lowest BCUT2D eigenvalue weighted by Crippen LogP contribution is -2.34. The first-order valence-corrected chi connectivity index (χ1v) is 8.48. The molecular formula is C19H12ClF3N4O2. The average Bonchev–Trinajstić information content (AvgIpc) is 2.68. The first-order valence-electron chi connectivity index (χ1n) is 8.10. The molecule has 6 nitrogen and oxygen atoms in total. The van der Waals surface area contributed by atoms with Gasteiger partial charge in [0, 0.05) is 5.56 Å². The van der Waals surface area contributed by atoms with Crippen LogP contribution in [0.25, 0.3) is 11.3 Å².